The topological polar surface area (TPSA) is 100 Å². The molecule has 0 saturated carbocycles. The minimum atomic E-state index is -5.31. The molecule has 7 nitrogen and oxygen atoms in total. The van der Waals surface area contributed by atoms with Gasteiger partial charge in [0.2, 0.25) is 0 Å². The Morgan fingerprint density at radius 1 is 1.20 bits per heavy atom. The lowest BCUT2D eigenvalue weighted by molar-refractivity contribution is -0.193. The number of alkyl halides is 3. The number of carbonyl (C=O) groups excluding carboxylic acids is 2. The Hall–Kier alpha value is -2.88. The Morgan fingerprint density at radius 2 is 1.92 bits per heavy atom. The van der Waals surface area contributed by atoms with Crippen molar-refractivity contribution in [2.45, 2.75) is 12.6 Å². The van der Waals surface area contributed by atoms with Gasteiger partial charge in [-0.25, -0.2) is 9.59 Å². The Bertz CT molecular complexity index is 860. The van der Waals surface area contributed by atoms with Gasteiger partial charge in [-0.3, -0.25) is 9.20 Å². The highest BCUT2D eigenvalue weighted by Gasteiger charge is 2.42. The molecule has 25 heavy (non-hydrogen) atoms. The number of halogens is 3. The lowest BCUT2D eigenvalue weighted by Gasteiger charge is -2.09. The molecule has 2 aromatic heterocycles. The molecule has 0 saturated heterocycles. The Morgan fingerprint density at radius 3 is 2.56 bits per heavy atom. The molecule has 0 fully saturated rings. The molecular weight excluding hydrogens is 345 g/mol. The average molecular weight is 358 g/mol. The fourth-order valence-electron chi connectivity index (χ4n) is 1.88. The minimum absolute atomic E-state index is 0.213. The van der Waals surface area contributed by atoms with Crippen molar-refractivity contribution in [1.29, 1.82) is 0 Å². The number of hydrogen-bond donors (Lipinski definition) is 1. The number of carbonyl (C=O) groups is 2. The van der Waals surface area contributed by atoms with Crippen molar-refractivity contribution in [2.75, 3.05) is 13.2 Å². The van der Waals surface area contributed by atoms with Crippen molar-refractivity contribution < 1.29 is 32.2 Å². The standard InChI is InChI=1S/C15H13F3N2O5/c16-15(17,18)14(23)25-13(22)9-6-10-2-3-11(24-5-1-4-19)8-20(10)12(21)7-9/h2-3,6-8H,1,4-5,19H2. The molecule has 0 unspecified atom stereocenters. The van der Waals surface area contributed by atoms with Crippen LogP contribution in [0, 0.1) is 0 Å². The van der Waals surface area contributed by atoms with E-state index < -0.39 is 29.2 Å². The van der Waals surface area contributed by atoms with Crippen LogP contribution in [0.15, 0.2) is 35.3 Å². The van der Waals surface area contributed by atoms with Crippen LogP contribution >= 0.6 is 0 Å². The summed E-state index contributed by atoms with van der Waals surface area (Å²) < 4.78 is 46.6. The van der Waals surface area contributed by atoms with Crippen LogP contribution in [0.3, 0.4) is 0 Å². The number of fused-ring (bicyclic) bond motifs is 1. The summed E-state index contributed by atoms with van der Waals surface area (Å²) in [6.45, 7) is 0.788. The molecule has 2 N–H and O–H groups in total. The second kappa shape index (κ2) is 7.34. The SMILES string of the molecule is NCCCOc1ccc2cc(C(=O)OC(=O)C(F)(F)F)cc(=O)n2c1. The molecule has 0 aromatic carbocycles. The molecule has 0 radical (unpaired) electrons. The Balaban J connectivity index is 2.27. The van der Waals surface area contributed by atoms with E-state index in [4.69, 9.17) is 10.5 Å². The highest BCUT2D eigenvalue weighted by Crippen LogP contribution is 2.18. The second-order valence-electron chi connectivity index (χ2n) is 4.91. The summed E-state index contributed by atoms with van der Waals surface area (Å²) in [5, 5.41) is 0. The van der Waals surface area contributed by atoms with Gasteiger partial charge in [-0.2, -0.15) is 13.2 Å². The molecule has 10 heteroatoms. The maximum Gasteiger partial charge on any atom is 0.491 e. The third-order valence-corrected chi connectivity index (χ3v) is 3.04. The van der Waals surface area contributed by atoms with Gasteiger partial charge in [0.05, 0.1) is 18.4 Å². The van der Waals surface area contributed by atoms with Gasteiger partial charge < -0.3 is 15.2 Å². The third-order valence-electron chi connectivity index (χ3n) is 3.04. The smallest absolute Gasteiger partial charge is 0.491 e. The molecule has 0 amide bonds. The molecule has 134 valence electrons. The third kappa shape index (κ3) is 4.57. The first-order valence-electron chi connectivity index (χ1n) is 7.05. The van der Waals surface area contributed by atoms with Crippen LogP contribution in [0.2, 0.25) is 0 Å². The zero-order valence-corrected chi connectivity index (χ0v) is 12.7. The molecule has 0 bridgehead atoms. The van der Waals surface area contributed by atoms with Crippen LogP contribution in [0.25, 0.3) is 5.52 Å². The monoisotopic (exact) mass is 358 g/mol. The van der Waals surface area contributed by atoms with E-state index in [-0.39, 0.29) is 5.52 Å². The summed E-state index contributed by atoms with van der Waals surface area (Å²) in [4.78, 5) is 34.3. The molecule has 0 aliphatic rings. The highest BCUT2D eigenvalue weighted by molar-refractivity contribution is 5.98. The fraction of sp³-hybridized carbons (Fsp3) is 0.267. The summed E-state index contributed by atoms with van der Waals surface area (Å²) in [5.41, 5.74) is 4.38. The van der Waals surface area contributed by atoms with Crippen molar-refractivity contribution >= 4 is 17.5 Å². The van der Waals surface area contributed by atoms with E-state index >= 15 is 0 Å². The summed E-state index contributed by atoms with van der Waals surface area (Å²) >= 11 is 0. The predicted molar refractivity (Wildman–Crippen MR) is 79.3 cm³/mol. The van der Waals surface area contributed by atoms with Crippen LogP contribution in [0.5, 0.6) is 5.75 Å². The number of pyridine rings is 2. The molecule has 0 aliphatic heterocycles. The van der Waals surface area contributed by atoms with Crippen molar-refractivity contribution in [3.05, 3.63) is 46.4 Å². The summed E-state index contributed by atoms with van der Waals surface area (Å²) in [5.74, 6) is -3.84. The number of nitrogens with zero attached hydrogens (tertiary/aromatic N) is 1. The van der Waals surface area contributed by atoms with Gasteiger partial charge in [0.15, 0.2) is 0 Å². The van der Waals surface area contributed by atoms with E-state index in [0.29, 0.717) is 25.3 Å². The van der Waals surface area contributed by atoms with Crippen LogP contribution < -0.4 is 16.0 Å². The number of aromatic nitrogens is 1. The van der Waals surface area contributed by atoms with Gasteiger partial charge in [0.1, 0.15) is 5.75 Å². The average Bonchev–Trinajstić information content (AvgIpc) is 2.54. The van der Waals surface area contributed by atoms with Crippen molar-refractivity contribution in [3.63, 3.8) is 0 Å². The lowest BCUT2D eigenvalue weighted by Crippen LogP contribution is -2.28. The number of rotatable bonds is 5. The van der Waals surface area contributed by atoms with E-state index in [0.717, 1.165) is 16.5 Å². The Labute approximate surface area is 138 Å². The first-order valence-corrected chi connectivity index (χ1v) is 7.05. The quantitative estimate of drug-likeness (QED) is 0.491. The molecule has 0 spiro atoms. The summed E-state index contributed by atoms with van der Waals surface area (Å²) in [6.07, 6.45) is -3.33. The number of nitrogens with two attached hydrogens (primary N) is 1. The van der Waals surface area contributed by atoms with E-state index in [1.807, 2.05) is 0 Å². The molecule has 2 rings (SSSR count). The van der Waals surface area contributed by atoms with Crippen LogP contribution in [-0.4, -0.2) is 35.7 Å². The fourth-order valence-corrected chi connectivity index (χ4v) is 1.88. The summed E-state index contributed by atoms with van der Waals surface area (Å²) in [7, 11) is 0. The lowest BCUT2D eigenvalue weighted by atomic mass is 10.2. The van der Waals surface area contributed by atoms with Crippen LogP contribution in [-0.2, 0) is 9.53 Å². The van der Waals surface area contributed by atoms with Gasteiger partial charge >= 0.3 is 18.1 Å². The normalized spacial score (nSPS) is 11.4. The van der Waals surface area contributed by atoms with Gasteiger partial charge in [-0.05, 0) is 31.2 Å². The molecular formula is C15H13F3N2O5. The molecule has 0 aliphatic carbocycles. The van der Waals surface area contributed by atoms with Crippen molar-refractivity contribution in [1.82, 2.24) is 4.40 Å². The van der Waals surface area contributed by atoms with Crippen molar-refractivity contribution in [3.8, 4) is 5.75 Å². The first-order chi connectivity index (χ1) is 11.7. The molecule has 2 aromatic rings. The minimum Gasteiger partial charge on any atom is -0.492 e. The maximum atomic E-state index is 12.1. The number of hydrogen-bond acceptors (Lipinski definition) is 6. The van der Waals surface area contributed by atoms with Gasteiger partial charge in [-0.1, -0.05) is 0 Å². The van der Waals surface area contributed by atoms with E-state index in [1.165, 1.54) is 18.3 Å². The zero-order valence-electron chi connectivity index (χ0n) is 12.7. The van der Waals surface area contributed by atoms with Gasteiger partial charge in [0.25, 0.3) is 5.56 Å². The maximum absolute atomic E-state index is 12.1. The molecule has 0 atom stereocenters. The summed E-state index contributed by atoms with van der Waals surface area (Å²) in [6, 6.07) is 4.84. The Kier molecular flexibility index (Phi) is 5.42. The van der Waals surface area contributed by atoms with Crippen molar-refractivity contribution in [2.24, 2.45) is 5.73 Å². The predicted octanol–water partition coefficient (Wildman–Crippen LogP) is 1.27. The number of esters is 2. The zero-order chi connectivity index (χ0) is 18.6. The second-order valence-corrected chi connectivity index (χ2v) is 4.91. The van der Waals surface area contributed by atoms with E-state index in [2.05, 4.69) is 4.74 Å². The number of ether oxygens (including phenoxy) is 2. The van der Waals surface area contributed by atoms with Crippen LogP contribution in [0.1, 0.15) is 16.8 Å². The highest BCUT2D eigenvalue weighted by atomic mass is 19.4. The van der Waals surface area contributed by atoms with E-state index in [1.54, 1.807) is 0 Å². The van der Waals surface area contributed by atoms with Gasteiger partial charge in [-0.15, -0.1) is 0 Å². The van der Waals surface area contributed by atoms with Crippen LogP contribution in [0.4, 0.5) is 13.2 Å². The van der Waals surface area contributed by atoms with Gasteiger partial charge in [0, 0.05) is 11.6 Å². The molecule has 2 heterocycles. The largest absolute Gasteiger partial charge is 0.492 e. The van der Waals surface area contributed by atoms with E-state index in [9.17, 15) is 27.6 Å². The first kappa shape index (κ1) is 18.5.